The standard InChI is InChI=1S/C5H12N2.H4O7P2/c1-2-6-4-5-7-3-1;1-8(2,3)7-9(4,5)6/h6-7H,1-5H2;(H2,1,2,3)(H2,4,5,6). The van der Waals surface area contributed by atoms with Crippen LogP contribution in [0.5, 0.6) is 0 Å². The summed E-state index contributed by atoms with van der Waals surface area (Å²) in [6.45, 7) is 4.65. The molecular formula is C5H16N2O7P2. The number of hydrogen-bond acceptors (Lipinski definition) is 5. The van der Waals surface area contributed by atoms with Crippen molar-refractivity contribution < 1.29 is 33.0 Å². The highest BCUT2D eigenvalue weighted by Crippen LogP contribution is 2.53. The van der Waals surface area contributed by atoms with Crippen molar-refractivity contribution in [2.45, 2.75) is 6.42 Å². The van der Waals surface area contributed by atoms with Crippen LogP contribution in [0.2, 0.25) is 0 Å². The number of phosphoric acid groups is 2. The Kier molecular flexibility index (Phi) is 7.58. The van der Waals surface area contributed by atoms with Crippen molar-refractivity contribution in [3.63, 3.8) is 0 Å². The first-order chi connectivity index (χ1) is 7.21. The molecule has 1 aliphatic heterocycles. The summed E-state index contributed by atoms with van der Waals surface area (Å²) in [6.07, 6.45) is 1.28. The Morgan fingerprint density at radius 3 is 1.44 bits per heavy atom. The van der Waals surface area contributed by atoms with Gasteiger partial charge in [-0.05, 0) is 19.5 Å². The molecule has 1 saturated heterocycles. The monoisotopic (exact) mass is 278 g/mol. The smallest absolute Gasteiger partial charge is 0.315 e. The molecule has 1 rings (SSSR count). The normalized spacial score (nSPS) is 18.2. The van der Waals surface area contributed by atoms with E-state index < -0.39 is 15.6 Å². The molecule has 11 heteroatoms. The largest absolute Gasteiger partial charge is 0.478 e. The molecule has 0 atom stereocenters. The van der Waals surface area contributed by atoms with Crippen molar-refractivity contribution in [3.8, 4) is 0 Å². The first-order valence-electron chi connectivity index (χ1n) is 4.44. The first kappa shape index (κ1) is 16.2. The van der Waals surface area contributed by atoms with Gasteiger partial charge in [-0.3, -0.25) is 0 Å². The Bertz CT molecular complexity index is 234. The minimum absolute atomic E-state index is 1.14. The fraction of sp³-hybridized carbons (Fsp3) is 1.00. The van der Waals surface area contributed by atoms with Gasteiger partial charge in [-0.1, -0.05) is 0 Å². The van der Waals surface area contributed by atoms with Gasteiger partial charge in [0.25, 0.3) is 0 Å². The van der Waals surface area contributed by atoms with Crippen molar-refractivity contribution in [2.24, 2.45) is 0 Å². The molecule has 0 aliphatic carbocycles. The Morgan fingerprint density at radius 2 is 1.19 bits per heavy atom. The van der Waals surface area contributed by atoms with Crippen LogP contribution < -0.4 is 10.6 Å². The highest BCUT2D eigenvalue weighted by molar-refractivity contribution is 7.60. The van der Waals surface area contributed by atoms with Gasteiger partial charge in [0.05, 0.1) is 0 Å². The average Bonchev–Trinajstić information content (AvgIpc) is 2.26. The van der Waals surface area contributed by atoms with Gasteiger partial charge >= 0.3 is 15.6 Å². The summed E-state index contributed by atoms with van der Waals surface area (Å²) in [7, 11) is -10.1. The third-order valence-electron chi connectivity index (χ3n) is 1.40. The molecule has 0 spiro atoms. The second-order valence-corrected chi connectivity index (χ2v) is 5.53. The quantitative estimate of drug-likeness (QED) is 0.341. The van der Waals surface area contributed by atoms with E-state index in [9.17, 15) is 9.13 Å². The Morgan fingerprint density at radius 1 is 0.812 bits per heavy atom. The van der Waals surface area contributed by atoms with E-state index in [1.165, 1.54) is 19.5 Å². The lowest BCUT2D eigenvalue weighted by atomic mass is 10.4. The van der Waals surface area contributed by atoms with Gasteiger partial charge in [0, 0.05) is 13.1 Å². The second kappa shape index (κ2) is 7.50. The van der Waals surface area contributed by atoms with Crippen molar-refractivity contribution in [1.82, 2.24) is 10.6 Å². The topological polar surface area (TPSA) is 148 Å². The molecule has 0 aromatic heterocycles. The fourth-order valence-electron chi connectivity index (χ4n) is 0.904. The molecule has 0 aromatic carbocycles. The van der Waals surface area contributed by atoms with Crippen molar-refractivity contribution >= 4 is 15.6 Å². The summed E-state index contributed by atoms with van der Waals surface area (Å²) >= 11 is 0. The van der Waals surface area contributed by atoms with Gasteiger partial charge < -0.3 is 30.2 Å². The zero-order valence-electron chi connectivity index (χ0n) is 8.44. The molecule has 98 valence electrons. The van der Waals surface area contributed by atoms with Crippen LogP contribution in [-0.2, 0) is 13.4 Å². The van der Waals surface area contributed by atoms with Crippen LogP contribution >= 0.6 is 15.6 Å². The summed E-state index contributed by atoms with van der Waals surface area (Å²) in [6, 6.07) is 0. The minimum atomic E-state index is -5.05. The fourth-order valence-corrected chi connectivity index (χ4v) is 2.01. The second-order valence-electron chi connectivity index (χ2n) is 2.92. The van der Waals surface area contributed by atoms with Gasteiger partial charge in [-0.15, -0.1) is 0 Å². The maximum absolute atomic E-state index is 9.63. The van der Waals surface area contributed by atoms with E-state index in [1.807, 2.05) is 0 Å². The van der Waals surface area contributed by atoms with Gasteiger partial charge in [0.15, 0.2) is 0 Å². The molecule has 0 bridgehead atoms. The molecule has 9 nitrogen and oxygen atoms in total. The van der Waals surface area contributed by atoms with Crippen molar-refractivity contribution in [2.75, 3.05) is 26.2 Å². The lowest BCUT2D eigenvalue weighted by Crippen LogP contribution is -2.21. The average molecular weight is 278 g/mol. The molecule has 6 N–H and O–H groups in total. The summed E-state index contributed by atoms with van der Waals surface area (Å²) in [5, 5.41) is 6.57. The molecular weight excluding hydrogens is 262 g/mol. The lowest BCUT2D eigenvalue weighted by molar-refractivity contribution is 0.225. The molecule has 0 amide bonds. The number of rotatable bonds is 2. The van der Waals surface area contributed by atoms with E-state index in [0.29, 0.717) is 0 Å². The predicted octanol–water partition coefficient (Wildman–Crippen LogP) is -1.24. The van der Waals surface area contributed by atoms with Crippen LogP contribution in [0.25, 0.3) is 0 Å². The summed E-state index contributed by atoms with van der Waals surface area (Å²) in [5.41, 5.74) is 0. The molecule has 16 heavy (non-hydrogen) atoms. The van der Waals surface area contributed by atoms with E-state index in [4.69, 9.17) is 19.6 Å². The zero-order chi connectivity index (χ0) is 12.7. The Labute approximate surface area is 92.7 Å². The lowest BCUT2D eigenvalue weighted by Gasteiger charge is -2.03. The van der Waals surface area contributed by atoms with Crippen LogP contribution in [0.15, 0.2) is 0 Å². The third kappa shape index (κ3) is 14.2. The van der Waals surface area contributed by atoms with Crippen LogP contribution in [-0.4, -0.2) is 45.8 Å². The summed E-state index contributed by atoms with van der Waals surface area (Å²) in [4.78, 5) is 31.0. The van der Waals surface area contributed by atoms with Gasteiger partial charge in [0.2, 0.25) is 0 Å². The Balaban J connectivity index is 0.000000288. The van der Waals surface area contributed by atoms with Gasteiger partial charge in [0.1, 0.15) is 0 Å². The molecule has 0 unspecified atom stereocenters. The zero-order valence-corrected chi connectivity index (χ0v) is 10.2. The number of hydrogen-bond donors (Lipinski definition) is 6. The van der Waals surface area contributed by atoms with E-state index in [2.05, 4.69) is 14.9 Å². The van der Waals surface area contributed by atoms with Crippen LogP contribution in [0.4, 0.5) is 0 Å². The van der Waals surface area contributed by atoms with Gasteiger partial charge in [-0.25, -0.2) is 9.13 Å². The SMILES string of the molecule is C1CNCCNC1.O=P(O)(O)OP(=O)(O)O. The minimum Gasteiger partial charge on any atom is -0.315 e. The highest BCUT2D eigenvalue weighted by atomic mass is 31.3. The predicted molar refractivity (Wildman–Crippen MR) is 55.5 cm³/mol. The molecule has 0 saturated carbocycles. The maximum atomic E-state index is 9.63. The van der Waals surface area contributed by atoms with Crippen LogP contribution in [0.1, 0.15) is 6.42 Å². The van der Waals surface area contributed by atoms with Crippen LogP contribution in [0.3, 0.4) is 0 Å². The third-order valence-corrected chi connectivity index (χ3v) is 3.10. The summed E-state index contributed by atoms with van der Waals surface area (Å²) in [5.74, 6) is 0. The highest BCUT2D eigenvalue weighted by Gasteiger charge is 2.27. The molecule has 1 aliphatic rings. The van der Waals surface area contributed by atoms with Crippen molar-refractivity contribution in [1.29, 1.82) is 0 Å². The Hall–Kier alpha value is 0.180. The van der Waals surface area contributed by atoms with E-state index in [-0.39, 0.29) is 0 Å². The molecule has 1 heterocycles. The molecule has 1 fully saturated rings. The molecule has 0 radical (unpaired) electrons. The summed E-state index contributed by atoms with van der Waals surface area (Å²) < 4.78 is 22.2. The maximum Gasteiger partial charge on any atom is 0.478 e. The van der Waals surface area contributed by atoms with Crippen LogP contribution in [0, 0.1) is 0 Å². The number of nitrogens with one attached hydrogen (secondary N) is 2. The molecule has 0 aromatic rings. The van der Waals surface area contributed by atoms with E-state index >= 15 is 0 Å². The van der Waals surface area contributed by atoms with E-state index in [0.717, 1.165) is 13.1 Å². The van der Waals surface area contributed by atoms with Gasteiger partial charge in [-0.2, -0.15) is 4.31 Å². The first-order valence-corrected chi connectivity index (χ1v) is 7.51. The van der Waals surface area contributed by atoms with Crippen molar-refractivity contribution in [3.05, 3.63) is 0 Å². The van der Waals surface area contributed by atoms with E-state index in [1.54, 1.807) is 0 Å².